The predicted molar refractivity (Wildman–Crippen MR) is 199 cm³/mol. The van der Waals surface area contributed by atoms with E-state index in [0.717, 1.165) is 43.1 Å². The van der Waals surface area contributed by atoms with Gasteiger partial charge in [0, 0.05) is 40.1 Å². The van der Waals surface area contributed by atoms with Gasteiger partial charge in [-0.05, 0) is 100 Å². The molecule has 3 aromatic carbocycles. The van der Waals surface area contributed by atoms with E-state index >= 15 is 4.39 Å². The Morgan fingerprint density at radius 3 is 2.50 bits per heavy atom. The molecule has 0 radical (unpaired) electrons. The Balaban J connectivity index is 1.06. The summed E-state index contributed by atoms with van der Waals surface area (Å²) in [7, 11) is 0. The summed E-state index contributed by atoms with van der Waals surface area (Å²) in [5, 5.41) is 6.81. The van der Waals surface area contributed by atoms with E-state index in [-0.39, 0.29) is 35.5 Å². The summed E-state index contributed by atoms with van der Waals surface area (Å²) >= 11 is 6.79. The first-order valence-electron chi connectivity index (χ1n) is 17.9. The highest BCUT2D eigenvalue weighted by Crippen LogP contribution is 2.39. The lowest BCUT2D eigenvalue weighted by Crippen LogP contribution is -2.49. The van der Waals surface area contributed by atoms with Crippen LogP contribution in [0, 0.1) is 18.6 Å². The molecule has 7 rings (SSSR count). The number of hydrogen-bond acceptors (Lipinski definition) is 7. The molecule has 2 amide bonds. The van der Waals surface area contributed by atoms with Crippen molar-refractivity contribution in [2.75, 3.05) is 18.4 Å². The smallest absolute Gasteiger partial charge is 0.266 e. The number of nitrogens with zero attached hydrogens (tertiary/aromatic N) is 4. The zero-order chi connectivity index (χ0) is 38.3. The van der Waals surface area contributed by atoms with E-state index in [0.29, 0.717) is 57.4 Å². The number of pyridine rings is 1. The third-order valence-electron chi connectivity index (χ3n) is 10.8. The summed E-state index contributed by atoms with van der Waals surface area (Å²) in [5.74, 6) is -0.825. The molecule has 4 heterocycles. The number of halogens is 5. The molecule has 280 valence electrons. The molecule has 2 aliphatic heterocycles. The van der Waals surface area contributed by atoms with Gasteiger partial charge in [0.05, 0.1) is 34.4 Å². The van der Waals surface area contributed by atoms with Crippen LogP contribution in [-0.2, 0) is 21.5 Å². The molecule has 54 heavy (non-hydrogen) atoms. The number of imide groups is 1. The number of amides is 2. The Hall–Kier alpha value is -4.94. The van der Waals surface area contributed by atoms with Crippen LogP contribution in [-0.4, -0.2) is 44.8 Å². The van der Waals surface area contributed by atoms with Crippen molar-refractivity contribution >= 4 is 40.1 Å². The minimum absolute atomic E-state index is 0.0823. The highest BCUT2D eigenvalue weighted by molar-refractivity contribution is 6.31. The fourth-order valence-corrected chi connectivity index (χ4v) is 7.88. The number of hydrogen-bond donors (Lipinski definition) is 2. The molecule has 2 saturated heterocycles. The van der Waals surface area contributed by atoms with E-state index in [1.165, 1.54) is 18.2 Å². The molecule has 0 spiro atoms. The van der Waals surface area contributed by atoms with Crippen molar-refractivity contribution < 1.29 is 27.2 Å². The van der Waals surface area contributed by atoms with Gasteiger partial charge in [-0.3, -0.25) is 24.8 Å². The average molecular weight is 759 g/mol. The van der Waals surface area contributed by atoms with Crippen LogP contribution in [0.3, 0.4) is 0 Å². The number of fused-ring (bicyclic) bond motifs is 1. The van der Waals surface area contributed by atoms with Gasteiger partial charge in [0.1, 0.15) is 23.3 Å². The van der Waals surface area contributed by atoms with Gasteiger partial charge in [-0.2, -0.15) is 0 Å². The Morgan fingerprint density at radius 1 is 1.02 bits per heavy atom. The first kappa shape index (κ1) is 37.4. The number of piperidine rings is 2. The Morgan fingerprint density at radius 2 is 1.78 bits per heavy atom. The van der Waals surface area contributed by atoms with Crippen molar-refractivity contribution in [2.45, 2.75) is 76.8 Å². The van der Waals surface area contributed by atoms with E-state index in [1.54, 1.807) is 38.2 Å². The maximum atomic E-state index is 15.3. The van der Waals surface area contributed by atoms with Gasteiger partial charge in [-0.1, -0.05) is 41.9 Å². The quantitative estimate of drug-likeness (QED) is 0.114. The molecule has 2 aromatic heterocycles. The van der Waals surface area contributed by atoms with Crippen LogP contribution in [0.15, 0.2) is 66.9 Å². The highest BCUT2D eigenvalue weighted by atomic mass is 35.5. The van der Waals surface area contributed by atoms with Crippen LogP contribution in [0.25, 0.3) is 22.2 Å². The van der Waals surface area contributed by atoms with Crippen molar-refractivity contribution in [1.29, 1.82) is 0 Å². The third-order valence-corrected chi connectivity index (χ3v) is 11.1. The molecule has 8 nitrogen and oxygen atoms in total. The van der Waals surface area contributed by atoms with Crippen LogP contribution < -0.4 is 10.6 Å². The molecule has 0 aliphatic carbocycles. The van der Waals surface area contributed by atoms with Crippen molar-refractivity contribution in [3.8, 4) is 11.3 Å². The van der Waals surface area contributed by atoms with Gasteiger partial charge in [-0.25, -0.2) is 27.5 Å². The molecule has 13 heteroatoms. The summed E-state index contributed by atoms with van der Waals surface area (Å²) in [6, 6.07) is 15.7. The lowest BCUT2D eigenvalue weighted by molar-refractivity contribution is -0.137. The maximum absolute atomic E-state index is 15.3. The number of benzene rings is 3. The molecule has 0 saturated carbocycles. The van der Waals surface area contributed by atoms with Crippen molar-refractivity contribution in [3.05, 3.63) is 117 Å². The number of carbonyl (C=O) groups excluding carboxylic acids is 2. The van der Waals surface area contributed by atoms with E-state index in [2.05, 4.69) is 30.5 Å². The Bertz CT molecular complexity index is 2260. The number of aryl methyl sites for hydroxylation is 1. The van der Waals surface area contributed by atoms with Crippen molar-refractivity contribution in [2.24, 2.45) is 0 Å². The number of carbonyl (C=O) groups is 2. The predicted octanol–water partition coefficient (Wildman–Crippen LogP) is 9.12. The molecular formula is C41H39ClF4N6O2. The minimum Gasteiger partial charge on any atom is -0.363 e. The molecule has 2 aliphatic rings. The molecule has 5 aromatic rings. The van der Waals surface area contributed by atoms with Crippen LogP contribution in [0.1, 0.15) is 91.6 Å². The Kier molecular flexibility index (Phi) is 10.4. The minimum atomic E-state index is -2.94. The van der Waals surface area contributed by atoms with Gasteiger partial charge in [0.25, 0.3) is 6.43 Å². The normalized spacial score (nSPS) is 19.0. The fraction of sp³-hybridized carbons (Fsp3) is 0.341. The van der Waals surface area contributed by atoms with Gasteiger partial charge in [0.2, 0.25) is 11.8 Å². The highest BCUT2D eigenvalue weighted by Gasteiger charge is 2.40. The van der Waals surface area contributed by atoms with Crippen LogP contribution in [0.4, 0.5) is 23.4 Å². The first-order chi connectivity index (χ1) is 25.8. The Labute approximate surface area is 315 Å². The standard InChI is InChI=1S/C41H39ClF4N6O2/c1-22(28-5-4-6-30(37(28)44)38(45)46)48-39-31-19-34(47-20-35(31)49-23(2)50-39)25-7-10-33(43)26(17-25)21-52-15-12-24(13-16-52)29-9-8-27(18-32(29)42)41(3)14-11-36(53)51-40(41)54/h4-10,17-20,22,24,38H,11-16,21H2,1-3H3,(H,48,49,50)(H,51,53,54)/t22-,41-/m1/s1. The van der Waals surface area contributed by atoms with E-state index in [4.69, 9.17) is 11.6 Å². The first-order valence-corrected chi connectivity index (χ1v) is 18.3. The number of anilines is 1. The third kappa shape index (κ3) is 7.41. The summed E-state index contributed by atoms with van der Waals surface area (Å²) < 4.78 is 57.0. The average Bonchev–Trinajstić information content (AvgIpc) is 3.14. The lowest BCUT2D eigenvalue weighted by Gasteiger charge is -2.34. The summed E-state index contributed by atoms with van der Waals surface area (Å²) in [6.45, 7) is 7.07. The largest absolute Gasteiger partial charge is 0.363 e. The molecule has 0 bridgehead atoms. The number of aromatic nitrogens is 3. The van der Waals surface area contributed by atoms with E-state index in [1.807, 2.05) is 25.1 Å². The zero-order valence-electron chi connectivity index (χ0n) is 30.0. The maximum Gasteiger partial charge on any atom is 0.266 e. The topological polar surface area (TPSA) is 100 Å². The van der Waals surface area contributed by atoms with E-state index < -0.39 is 29.3 Å². The van der Waals surface area contributed by atoms with E-state index in [9.17, 15) is 22.8 Å². The summed E-state index contributed by atoms with van der Waals surface area (Å²) in [6.07, 6.45) is 1.01. The second-order valence-corrected chi connectivity index (χ2v) is 14.8. The molecule has 0 unspecified atom stereocenters. The van der Waals surface area contributed by atoms with Gasteiger partial charge in [-0.15, -0.1) is 0 Å². The van der Waals surface area contributed by atoms with Gasteiger partial charge in [0.15, 0.2) is 0 Å². The van der Waals surface area contributed by atoms with Crippen molar-refractivity contribution in [1.82, 2.24) is 25.2 Å². The molecular weight excluding hydrogens is 720 g/mol. The second-order valence-electron chi connectivity index (χ2n) is 14.4. The zero-order valence-corrected chi connectivity index (χ0v) is 30.8. The van der Waals surface area contributed by atoms with Crippen LogP contribution in [0.2, 0.25) is 5.02 Å². The molecule has 2 atom stereocenters. The van der Waals surface area contributed by atoms with Gasteiger partial charge < -0.3 is 5.32 Å². The SMILES string of the molecule is Cc1nc(N[C@H](C)c2cccc(C(F)F)c2F)c2cc(-c3ccc(F)c(CN4CCC(c5ccc([C@@]6(C)CCC(=O)NC6=O)cc5Cl)CC4)c3)ncc2n1. The molecule has 2 N–H and O–H groups in total. The number of rotatable bonds is 9. The number of alkyl halides is 2. The number of likely N-dealkylation sites (tertiary alicyclic amines) is 1. The number of nitrogens with one attached hydrogen (secondary N) is 2. The molecule has 2 fully saturated rings. The summed E-state index contributed by atoms with van der Waals surface area (Å²) in [5.41, 5.74) is 2.70. The fourth-order valence-electron chi connectivity index (χ4n) is 7.55. The second kappa shape index (κ2) is 15.1. The van der Waals surface area contributed by atoms with Crippen LogP contribution >= 0.6 is 11.6 Å². The summed E-state index contributed by atoms with van der Waals surface area (Å²) in [4.78, 5) is 40.2. The monoisotopic (exact) mass is 758 g/mol. The lowest BCUT2D eigenvalue weighted by atomic mass is 9.75. The van der Waals surface area contributed by atoms with Crippen molar-refractivity contribution in [3.63, 3.8) is 0 Å². The van der Waals surface area contributed by atoms with Crippen LogP contribution in [0.5, 0.6) is 0 Å². The van der Waals surface area contributed by atoms with Gasteiger partial charge >= 0.3 is 0 Å².